The first-order valence-corrected chi connectivity index (χ1v) is 8.78. The topological polar surface area (TPSA) is 83.1 Å². The van der Waals surface area contributed by atoms with Gasteiger partial charge in [-0.15, -0.1) is 0 Å². The minimum absolute atomic E-state index is 0.425. The molecule has 7 nitrogen and oxygen atoms in total. The molecule has 0 fully saturated rings. The smallest absolute Gasteiger partial charge is 0.331 e. The zero-order valence-corrected chi connectivity index (χ0v) is 15.6. The summed E-state index contributed by atoms with van der Waals surface area (Å²) in [5, 5.41) is 2.68. The van der Waals surface area contributed by atoms with E-state index >= 15 is 0 Å². The fourth-order valence-electron chi connectivity index (χ4n) is 2.51. The van der Waals surface area contributed by atoms with Crippen molar-refractivity contribution < 1.29 is 28.5 Å². The molecule has 0 saturated heterocycles. The monoisotopic (exact) mass is 383 g/mol. The summed E-state index contributed by atoms with van der Waals surface area (Å²) in [4.78, 5) is 24.2. The number of fused-ring (bicyclic) bond motifs is 1. The van der Waals surface area contributed by atoms with Crippen molar-refractivity contribution in [2.75, 3.05) is 25.6 Å². The summed E-state index contributed by atoms with van der Waals surface area (Å²) in [6.45, 7) is 2.52. The molecule has 1 aliphatic rings. The molecule has 0 radical (unpaired) electrons. The number of benzene rings is 2. The number of methoxy groups -OCH3 is 1. The van der Waals surface area contributed by atoms with E-state index in [1.165, 1.54) is 13.0 Å². The standard InChI is InChI=1S/C21H21NO6/c1-14(21(24)22-16-5-7-17(25-2)8-6-16)28-20(23)10-4-15-3-9-18-19(13-15)27-12-11-26-18/h3-10,13-14H,11-12H2,1-2H3,(H,22,24)/b10-4+/t14-/m1/s1. The summed E-state index contributed by atoms with van der Waals surface area (Å²) in [6, 6.07) is 12.2. The number of nitrogens with one attached hydrogen (secondary N) is 1. The molecule has 0 saturated carbocycles. The maximum Gasteiger partial charge on any atom is 0.331 e. The Morgan fingerprint density at radius 3 is 2.50 bits per heavy atom. The van der Waals surface area contributed by atoms with Crippen LogP contribution in [-0.2, 0) is 14.3 Å². The van der Waals surface area contributed by atoms with Gasteiger partial charge in [-0.1, -0.05) is 6.07 Å². The van der Waals surface area contributed by atoms with Gasteiger partial charge in [0.1, 0.15) is 19.0 Å². The molecule has 146 valence electrons. The number of carbonyl (C=O) groups is 2. The van der Waals surface area contributed by atoms with Crippen LogP contribution in [0.1, 0.15) is 12.5 Å². The molecule has 3 rings (SSSR count). The number of hydrogen-bond acceptors (Lipinski definition) is 6. The largest absolute Gasteiger partial charge is 0.497 e. The number of ether oxygens (including phenoxy) is 4. The molecule has 1 amide bonds. The summed E-state index contributed by atoms with van der Waals surface area (Å²) < 4.78 is 21.2. The molecule has 7 heteroatoms. The summed E-state index contributed by atoms with van der Waals surface area (Å²) in [7, 11) is 1.56. The number of amides is 1. The normalized spacial score (nSPS) is 13.6. The fraction of sp³-hybridized carbons (Fsp3) is 0.238. The first-order chi connectivity index (χ1) is 13.5. The van der Waals surface area contributed by atoms with Gasteiger partial charge < -0.3 is 24.3 Å². The van der Waals surface area contributed by atoms with E-state index in [-0.39, 0.29) is 0 Å². The lowest BCUT2D eigenvalue weighted by molar-refractivity contribution is -0.148. The molecule has 1 aliphatic heterocycles. The van der Waals surface area contributed by atoms with Crippen molar-refractivity contribution in [2.24, 2.45) is 0 Å². The number of carbonyl (C=O) groups excluding carboxylic acids is 2. The predicted molar refractivity (Wildman–Crippen MR) is 104 cm³/mol. The first kappa shape index (κ1) is 19.3. The fourth-order valence-corrected chi connectivity index (χ4v) is 2.51. The van der Waals surface area contributed by atoms with Crippen LogP contribution in [0.25, 0.3) is 6.08 Å². The molecule has 2 aromatic rings. The SMILES string of the molecule is COc1ccc(NC(=O)[C@@H](C)OC(=O)/C=C/c2ccc3c(c2)OCCO3)cc1. The van der Waals surface area contributed by atoms with Gasteiger partial charge in [0.2, 0.25) is 0 Å². The molecule has 1 atom stereocenters. The summed E-state index contributed by atoms with van der Waals surface area (Å²) >= 11 is 0. The van der Waals surface area contributed by atoms with Crippen molar-refractivity contribution >= 4 is 23.6 Å². The van der Waals surface area contributed by atoms with E-state index in [2.05, 4.69) is 5.32 Å². The lowest BCUT2D eigenvalue weighted by Crippen LogP contribution is -2.29. The molecule has 2 aromatic carbocycles. The second-order valence-electron chi connectivity index (χ2n) is 6.03. The first-order valence-electron chi connectivity index (χ1n) is 8.78. The van der Waals surface area contributed by atoms with E-state index in [0.29, 0.717) is 36.1 Å². The van der Waals surface area contributed by atoms with Crippen LogP contribution < -0.4 is 19.5 Å². The maximum absolute atomic E-state index is 12.2. The Hall–Kier alpha value is -3.48. The van der Waals surface area contributed by atoms with Crippen LogP contribution >= 0.6 is 0 Å². The van der Waals surface area contributed by atoms with Gasteiger partial charge in [-0.2, -0.15) is 0 Å². The Morgan fingerprint density at radius 2 is 1.79 bits per heavy atom. The third-order valence-electron chi connectivity index (χ3n) is 4.00. The van der Waals surface area contributed by atoms with E-state index in [1.54, 1.807) is 55.7 Å². The van der Waals surface area contributed by atoms with Gasteiger partial charge in [-0.05, 0) is 55.0 Å². The highest BCUT2D eigenvalue weighted by molar-refractivity contribution is 5.96. The minimum Gasteiger partial charge on any atom is -0.497 e. The molecule has 0 spiro atoms. The van der Waals surface area contributed by atoms with Gasteiger partial charge in [0.05, 0.1) is 7.11 Å². The van der Waals surface area contributed by atoms with Crippen molar-refractivity contribution in [3.8, 4) is 17.2 Å². The average Bonchev–Trinajstić information content (AvgIpc) is 2.72. The Morgan fingerprint density at radius 1 is 1.07 bits per heavy atom. The van der Waals surface area contributed by atoms with Crippen LogP contribution in [0.4, 0.5) is 5.69 Å². The Balaban J connectivity index is 1.53. The zero-order valence-electron chi connectivity index (χ0n) is 15.6. The van der Waals surface area contributed by atoms with Crippen LogP contribution in [0.3, 0.4) is 0 Å². The second-order valence-corrected chi connectivity index (χ2v) is 6.03. The Labute approximate surface area is 162 Å². The third kappa shape index (κ3) is 5.03. The van der Waals surface area contributed by atoms with Crippen LogP contribution in [0.15, 0.2) is 48.5 Å². The van der Waals surface area contributed by atoms with Gasteiger partial charge in [0, 0.05) is 11.8 Å². The quantitative estimate of drug-likeness (QED) is 0.610. The number of anilines is 1. The zero-order chi connectivity index (χ0) is 19.9. The number of rotatable bonds is 6. The summed E-state index contributed by atoms with van der Waals surface area (Å²) in [5.74, 6) is 0.948. The van der Waals surface area contributed by atoms with Gasteiger partial charge in [-0.25, -0.2) is 4.79 Å². The van der Waals surface area contributed by atoms with Crippen molar-refractivity contribution in [3.05, 3.63) is 54.1 Å². The molecule has 0 aromatic heterocycles. The van der Waals surface area contributed by atoms with Gasteiger partial charge in [-0.3, -0.25) is 4.79 Å². The van der Waals surface area contributed by atoms with Crippen LogP contribution in [0.2, 0.25) is 0 Å². The van der Waals surface area contributed by atoms with E-state index in [4.69, 9.17) is 18.9 Å². The molecular formula is C21H21NO6. The van der Waals surface area contributed by atoms with Gasteiger partial charge in [0.15, 0.2) is 17.6 Å². The lowest BCUT2D eigenvalue weighted by atomic mass is 10.2. The molecule has 0 aliphatic carbocycles. The molecule has 1 heterocycles. The highest BCUT2D eigenvalue weighted by Gasteiger charge is 2.17. The molecule has 28 heavy (non-hydrogen) atoms. The lowest BCUT2D eigenvalue weighted by Gasteiger charge is -2.18. The summed E-state index contributed by atoms with van der Waals surface area (Å²) in [6.07, 6.45) is 1.91. The van der Waals surface area contributed by atoms with Crippen molar-refractivity contribution in [1.82, 2.24) is 0 Å². The van der Waals surface area contributed by atoms with Crippen molar-refractivity contribution in [1.29, 1.82) is 0 Å². The van der Waals surface area contributed by atoms with E-state index in [9.17, 15) is 9.59 Å². The molecule has 1 N–H and O–H groups in total. The van der Waals surface area contributed by atoms with E-state index < -0.39 is 18.0 Å². The highest BCUT2D eigenvalue weighted by atomic mass is 16.6. The maximum atomic E-state index is 12.2. The summed E-state index contributed by atoms with van der Waals surface area (Å²) in [5.41, 5.74) is 1.34. The average molecular weight is 383 g/mol. The molecular weight excluding hydrogens is 362 g/mol. The van der Waals surface area contributed by atoms with E-state index in [1.807, 2.05) is 0 Å². The van der Waals surface area contributed by atoms with E-state index in [0.717, 1.165) is 5.56 Å². The molecule has 0 unspecified atom stereocenters. The van der Waals surface area contributed by atoms with Crippen LogP contribution in [0, 0.1) is 0 Å². The van der Waals surface area contributed by atoms with Crippen molar-refractivity contribution in [3.63, 3.8) is 0 Å². The van der Waals surface area contributed by atoms with Gasteiger partial charge in [0.25, 0.3) is 5.91 Å². The molecule has 0 bridgehead atoms. The minimum atomic E-state index is -0.945. The Bertz CT molecular complexity index is 875. The van der Waals surface area contributed by atoms with Crippen molar-refractivity contribution in [2.45, 2.75) is 13.0 Å². The highest BCUT2D eigenvalue weighted by Crippen LogP contribution is 2.31. The van der Waals surface area contributed by atoms with Crippen LogP contribution in [0.5, 0.6) is 17.2 Å². The Kier molecular flexibility index (Phi) is 6.16. The number of esters is 1. The number of hydrogen-bond donors (Lipinski definition) is 1. The second kappa shape index (κ2) is 8.94. The third-order valence-corrected chi connectivity index (χ3v) is 4.00. The predicted octanol–water partition coefficient (Wildman–Crippen LogP) is 3.05. The van der Waals surface area contributed by atoms with Crippen LogP contribution in [-0.4, -0.2) is 38.3 Å². The van der Waals surface area contributed by atoms with Gasteiger partial charge >= 0.3 is 5.97 Å².